The fourth-order valence-corrected chi connectivity index (χ4v) is 1.82. The molecule has 0 heterocycles. The van der Waals surface area contributed by atoms with Crippen molar-refractivity contribution in [3.8, 4) is 0 Å². The number of benzene rings is 1. The van der Waals surface area contributed by atoms with Crippen molar-refractivity contribution in [1.29, 1.82) is 0 Å². The minimum absolute atomic E-state index is 0.495. The molecule has 1 aromatic rings. The van der Waals surface area contributed by atoms with Crippen LogP contribution >= 0.6 is 0 Å². The van der Waals surface area contributed by atoms with E-state index < -0.39 is 0 Å². The van der Waals surface area contributed by atoms with Crippen LogP contribution < -0.4 is 10.4 Å². The van der Waals surface area contributed by atoms with Gasteiger partial charge < -0.3 is 0 Å². The highest BCUT2D eigenvalue weighted by Gasteiger charge is 2.11. The maximum absolute atomic E-state index is 4.07. The Morgan fingerprint density at radius 1 is 1.23 bits per heavy atom. The number of rotatable bonds is 0. The Bertz CT molecular complexity index is 463. The van der Waals surface area contributed by atoms with Gasteiger partial charge in [0.2, 0.25) is 0 Å². The number of hydrogen-bond acceptors (Lipinski definition) is 0. The maximum atomic E-state index is 4.07. The largest absolute Gasteiger partial charge is 0.0952 e. The predicted molar refractivity (Wildman–Crippen MR) is 57.5 cm³/mol. The Morgan fingerprint density at radius 3 is 2.69 bits per heavy atom. The molecule has 0 spiro atoms. The quantitative estimate of drug-likeness (QED) is 0.557. The van der Waals surface area contributed by atoms with Gasteiger partial charge in [-0.15, -0.1) is 0 Å². The zero-order valence-corrected chi connectivity index (χ0v) is 8.17. The lowest BCUT2D eigenvalue weighted by Crippen LogP contribution is -2.31. The minimum atomic E-state index is 0.495. The van der Waals surface area contributed by atoms with Crippen molar-refractivity contribution in [1.82, 2.24) is 0 Å². The fraction of sp³-hybridized carbons (Fsp3) is 0.231. The van der Waals surface area contributed by atoms with Crippen molar-refractivity contribution >= 4 is 11.6 Å². The molecule has 0 heteroatoms. The van der Waals surface area contributed by atoms with Crippen LogP contribution in [0, 0.1) is 5.92 Å². The Balaban J connectivity index is 2.89. The summed E-state index contributed by atoms with van der Waals surface area (Å²) < 4.78 is 0. The molecule has 0 fully saturated rings. The van der Waals surface area contributed by atoms with Gasteiger partial charge in [0.1, 0.15) is 0 Å². The first-order valence-corrected chi connectivity index (χ1v) is 4.66. The Labute approximate surface area is 78.9 Å². The van der Waals surface area contributed by atoms with Crippen molar-refractivity contribution in [2.24, 2.45) is 5.92 Å². The van der Waals surface area contributed by atoms with Gasteiger partial charge >= 0.3 is 0 Å². The van der Waals surface area contributed by atoms with Gasteiger partial charge in [-0.2, -0.15) is 0 Å². The lowest BCUT2D eigenvalue weighted by Gasteiger charge is -2.17. The zero-order chi connectivity index (χ0) is 9.42. The van der Waals surface area contributed by atoms with Crippen LogP contribution in [-0.2, 0) is 0 Å². The average molecular weight is 170 g/mol. The first-order chi connectivity index (χ1) is 6.20. The molecule has 1 unspecified atom stereocenters. The van der Waals surface area contributed by atoms with Gasteiger partial charge in [0.15, 0.2) is 0 Å². The highest BCUT2D eigenvalue weighted by molar-refractivity contribution is 5.63. The third-order valence-electron chi connectivity index (χ3n) is 2.93. The molecule has 0 saturated carbocycles. The van der Waals surface area contributed by atoms with Crippen LogP contribution in [-0.4, -0.2) is 0 Å². The maximum Gasteiger partial charge on any atom is 0.00206 e. The number of allylic oxidation sites excluding steroid dienone is 1. The van der Waals surface area contributed by atoms with Gasteiger partial charge in [-0.1, -0.05) is 49.4 Å². The summed E-state index contributed by atoms with van der Waals surface area (Å²) in [6.07, 6.45) is 2.19. The molecule has 0 aromatic heterocycles. The minimum Gasteiger partial charge on any atom is -0.0952 e. The Hall–Kier alpha value is -1.30. The number of fused-ring (bicyclic) bond motifs is 1. The predicted octanol–water partition coefficient (Wildman–Crippen LogP) is 1.84. The fourth-order valence-electron chi connectivity index (χ4n) is 1.82. The van der Waals surface area contributed by atoms with E-state index in [0.29, 0.717) is 5.92 Å². The van der Waals surface area contributed by atoms with E-state index in [0.717, 1.165) is 0 Å². The standard InChI is InChI=1S/C13H14/c1-9-8-12-6-4-5-7-13(12)11(3)10(9)2/h4-8,10H,1H2,2-3H3. The lowest BCUT2D eigenvalue weighted by atomic mass is 9.88. The smallest absolute Gasteiger partial charge is 0.00206 e. The molecule has 1 aliphatic rings. The van der Waals surface area contributed by atoms with Crippen molar-refractivity contribution in [2.75, 3.05) is 0 Å². The lowest BCUT2D eigenvalue weighted by molar-refractivity contribution is 0.905. The Kier molecular flexibility index (Phi) is 1.84. The summed E-state index contributed by atoms with van der Waals surface area (Å²) in [6, 6.07) is 8.50. The van der Waals surface area contributed by atoms with Crippen molar-refractivity contribution in [3.63, 3.8) is 0 Å². The summed E-state index contributed by atoms with van der Waals surface area (Å²) in [4.78, 5) is 0. The highest BCUT2D eigenvalue weighted by atomic mass is 14.2. The first-order valence-electron chi connectivity index (χ1n) is 4.66. The van der Waals surface area contributed by atoms with Gasteiger partial charge in [-0.05, 0) is 22.9 Å². The molecular formula is C13H14. The number of hydrogen-bond donors (Lipinski definition) is 0. The summed E-state index contributed by atoms with van der Waals surface area (Å²) >= 11 is 0. The molecule has 2 rings (SSSR count). The second kappa shape index (κ2) is 2.88. The summed E-state index contributed by atoms with van der Waals surface area (Å²) in [5, 5.41) is 2.69. The van der Waals surface area contributed by atoms with E-state index in [9.17, 15) is 0 Å². The van der Waals surface area contributed by atoms with E-state index >= 15 is 0 Å². The normalized spacial score (nSPS) is 20.9. The molecule has 66 valence electrons. The van der Waals surface area contributed by atoms with Gasteiger partial charge in [0.05, 0.1) is 0 Å². The van der Waals surface area contributed by atoms with Crippen molar-refractivity contribution in [3.05, 3.63) is 46.9 Å². The molecule has 0 radical (unpaired) electrons. The first kappa shape index (κ1) is 8.31. The molecule has 0 aliphatic heterocycles. The van der Waals surface area contributed by atoms with Crippen molar-refractivity contribution in [2.45, 2.75) is 13.8 Å². The van der Waals surface area contributed by atoms with Crippen LogP contribution in [0.15, 0.2) is 36.4 Å². The second-order valence-electron chi connectivity index (χ2n) is 3.71. The highest BCUT2D eigenvalue weighted by Crippen LogP contribution is 2.20. The summed E-state index contributed by atoms with van der Waals surface area (Å²) in [5.41, 5.74) is 2.65. The van der Waals surface area contributed by atoms with Crippen LogP contribution in [0.4, 0.5) is 0 Å². The van der Waals surface area contributed by atoms with E-state index in [1.807, 2.05) is 0 Å². The van der Waals surface area contributed by atoms with Gasteiger partial charge in [-0.25, -0.2) is 0 Å². The van der Waals surface area contributed by atoms with E-state index in [1.165, 1.54) is 21.6 Å². The van der Waals surface area contributed by atoms with Crippen LogP contribution in [0.2, 0.25) is 0 Å². The third kappa shape index (κ3) is 1.23. The molecule has 13 heavy (non-hydrogen) atoms. The molecule has 1 atom stereocenters. The molecule has 1 aromatic carbocycles. The van der Waals surface area contributed by atoms with Gasteiger partial charge in [-0.3, -0.25) is 0 Å². The average Bonchev–Trinajstić information content (AvgIpc) is 2.15. The summed E-state index contributed by atoms with van der Waals surface area (Å²) in [7, 11) is 0. The van der Waals surface area contributed by atoms with E-state index in [2.05, 4.69) is 50.8 Å². The summed E-state index contributed by atoms with van der Waals surface area (Å²) in [6.45, 7) is 8.48. The van der Waals surface area contributed by atoms with E-state index in [4.69, 9.17) is 0 Å². The molecule has 0 amide bonds. The molecular weight excluding hydrogens is 156 g/mol. The molecule has 0 N–H and O–H groups in total. The topological polar surface area (TPSA) is 0 Å². The van der Waals surface area contributed by atoms with Crippen LogP contribution in [0.5, 0.6) is 0 Å². The zero-order valence-electron chi connectivity index (χ0n) is 8.17. The molecule has 0 saturated heterocycles. The third-order valence-corrected chi connectivity index (χ3v) is 2.93. The molecule has 1 aliphatic carbocycles. The monoisotopic (exact) mass is 170 g/mol. The Morgan fingerprint density at radius 2 is 1.92 bits per heavy atom. The SMILES string of the molecule is C=C1C=c2ccccc2=C(C)C1C. The van der Waals surface area contributed by atoms with Crippen LogP contribution in [0.3, 0.4) is 0 Å². The van der Waals surface area contributed by atoms with E-state index in [1.54, 1.807) is 0 Å². The van der Waals surface area contributed by atoms with Crippen LogP contribution in [0.25, 0.3) is 11.6 Å². The second-order valence-corrected chi connectivity index (χ2v) is 3.71. The molecule has 0 nitrogen and oxygen atoms in total. The van der Waals surface area contributed by atoms with Gasteiger partial charge in [0, 0.05) is 5.92 Å². The van der Waals surface area contributed by atoms with Crippen LogP contribution in [0.1, 0.15) is 13.8 Å². The van der Waals surface area contributed by atoms with Gasteiger partial charge in [0.25, 0.3) is 0 Å². The van der Waals surface area contributed by atoms with E-state index in [-0.39, 0.29) is 0 Å². The molecule has 0 bridgehead atoms. The summed E-state index contributed by atoms with van der Waals surface area (Å²) in [5.74, 6) is 0.495. The van der Waals surface area contributed by atoms with Crippen molar-refractivity contribution < 1.29 is 0 Å².